The van der Waals surface area contributed by atoms with E-state index in [9.17, 15) is 14.7 Å². The van der Waals surface area contributed by atoms with Crippen molar-refractivity contribution in [3.8, 4) is 0 Å². The van der Waals surface area contributed by atoms with Crippen LogP contribution in [0.15, 0.2) is 24.3 Å². The molecule has 0 radical (unpaired) electrons. The van der Waals surface area contributed by atoms with Gasteiger partial charge >= 0.3 is 5.97 Å². The average Bonchev–Trinajstić information content (AvgIpc) is 2.84. The van der Waals surface area contributed by atoms with Gasteiger partial charge in [0, 0.05) is 29.8 Å². The Hall–Kier alpha value is -1.94. The summed E-state index contributed by atoms with van der Waals surface area (Å²) in [6.45, 7) is 0. The summed E-state index contributed by atoms with van der Waals surface area (Å²) in [5, 5.41) is 9.95. The minimum Gasteiger partial charge on any atom is -0.478 e. The number of carbonyl (C=O) groups excluding carboxylic acids is 1. The molecule has 0 saturated heterocycles. The SMILES string of the molecule is O=C1CCC(c2ccc3c(C(=O)O)c(Cl)ccc3n2)C1. The molecule has 20 heavy (non-hydrogen) atoms. The van der Waals surface area contributed by atoms with Gasteiger partial charge in [-0.3, -0.25) is 9.78 Å². The number of hydrogen-bond acceptors (Lipinski definition) is 3. The Kier molecular flexibility index (Phi) is 3.18. The molecule has 1 aliphatic carbocycles. The van der Waals surface area contributed by atoms with Crippen molar-refractivity contribution < 1.29 is 14.7 Å². The number of aromatic carboxylic acids is 1. The van der Waals surface area contributed by atoms with Crippen LogP contribution in [0.3, 0.4) is 0 Å². The highest BCUT2D eigenvalue weighted by Gasteiger charge is 2.25. The van der Waals surface area contributed by atoms with Crippen LogP contribution in [0.1, 0.15) is 41.2 Å². The van der Waals surface area contributed by atoms with Gasteiger partial charge in [0.2, 0.25) is 0 Å². The Labute approximate surface area is 120 Å². The molecule has 5 heteroatoms. The van der Waals surface area contributed by atoms with Crippen LogP contribution >= 0.6 is 11.6 Å². The number of rotatable bonds is 2. The second kappa shape index (κ2) is 4.87. The van der Waals surface area contributed by atoms with Crippen LogP contribution in [-0.2, 0) is 4.79 Å². The molecule has 1 aliphatic rings. The summed E-state index contributed by atoms with van der Waals surface area (Å²) in [6.07, 6.45) is 1.94. The molecule has 0 aliphatic heterocycles. The predicted molar refractivity (Wildman–Crippen MR) is 75.3 cm³/mol. The molecule has 3 rings (SSSR count). The van der Waals surface area contributed by atoms with Crippen molar-refractivity contribution in [3.63, 3.8) is 0 Å². The normalized spacial score (nSPS) is 18.6. The second-order valence-electron chi connectivity index (χ2n) is 5.01. The smallest absolute Gasteiger partial charge is 0.337 e. The van der Waals surface area contributed by atoms with E-state index in [1.807, 2.05) is 0 Å². The third kappa shape index (κ3) is 2.16. The van der Waals surface area contributed by atoms with Gasteiger partial charge in [-0.1, -0.05) is 17.7 Å². The highest BCUT2D eigenvalue weighted by Crippen LogP contribution is 2.33. The van der Waals surface area contributed by atoms with E-state index in [-0.39, 0.29) is 22.3 Å². The van der Waals surface area contributed by atoms with Crippen molar-refractivity contribution in [2.75, 3.05) is 0 Å². The Balaban J connectivity index is 2.11. The lowest BCUT2D eigenvalue weighted by molar-refractivity contribution is -0.117. The first-order valence-electron chi connectivity index (χ1n) is 6.40. The Morgan fingerprint density at radius 1 is 1.30 bits per heavy atom. The van der Waals surface area contributed by atoms with Crippen LogP contribution in [0.5, 0.6) is 0 Å². The van der Waals surface area contributed by atoms with Gasteiger partial charge in [0.1, 0.15) is 5.78 Å². The zero-order chi connectivity index (χ0) is 14.3. The molecule has 1 aromatic carbocycles. The molecule has 0 bridgehead atoms. The highest BCUT2D eigenvalue weighted by atomic mass is 35.5. The van der Waals surface area contributed by atoms with Gasteiger partial charge in [-0.15, -0.1) is 0 Å². The van der Waals surface area contributed by atoms with E-state index in [2.05, 4.69) is 4.98 Å². The molecule has 1 heterocycles. The average molecular weight is 290 g/mol. The topological polar surface area (TPSA) is 67.3 Å². The van der Waals surface area contributed by atoms with E-state index < -0.39 is 5.97 Å². The second-order valence-corrected chi connectivity index (χ2v) is 5.42. The number of aromatic nitrogens is 1. The fourth-order valence-electron chi connectivity index (χ4n) is 2.70. The van der Waals surface area contributed by atoms with Crippen molar-refractivity contribution in [2.45, 2.75) is 25.2 Å². The van der Waals surface area contributed by atoms with Gasteiger partial charge in [-0.05, 0) is 24.6 Å². The van der Waals surface area contributed by atoms with Crippen LogP contribution < -0.4 is 0 Å². The number of carboxylic acid groups (broad SMARTS) is 1. The molecule has 1 atom stereocenters. The number of carboxylic acids is 1. The molecule has 1 saturated carbocycles. The van der Waals surface area contributed by atoms with Crippen LogP contribution in [0.25, 0.3) is 10.9 Å². The van der Waals surface area contributed by atoms with Crippen molar-refractivity contribution in [1.82, 2.24) is 4.98 Å². The lowest BCUT2D eigenvalue weighted by Gasteiger charge is -2.10. The molecular weight excluding hydrogens is 278 g/mol. The Morgan fingerprint density at radius 3 is 2.75 bits per heavy atom. The van der Waals surface area contributed by atoms with Crippen LogP contribution in [0.2, 0.25) is 5.02 Å². The molecule has 1 aromatic heterocycles. The first kappa shape index (κ1) is 13.1. The van der Waals surface area contributed by atoms with Crippen LogP contribution in [-0.4, -0.2) is 21.8 Å². The molecule has 1 N–H and O–H groups in total. The summed E-state index contributed by atoms with van der Waals surface area (Å²) in [7, 11) is 0. The molecule has 102 valence electrons. The van der Waals surface area contributed by atoms with Crippen molar-refractivity contribution in [3.05, 3.63) is 40.5 Å². The third-order valence-corrected chi connectivity index (χ3v) is 4.03. The maximum absolute atomic E-state index is 11.4. The zero-order valence-electron chi connectivity index (χ0n) is 10.6. The number of Topliss-reactive ketones (excluding diaryl/α,β-unsaturated/α-hetero) is 1. The highest BCUT2D eigenvalue weighted by molar-refractivity contribution is 6.35. The predicted octanol–water partition coefficient (Wildman–Crippen LogP) is 3.42. The zero-order valence-corrected chi connectivity index (χ0v) is 11.4. The van der Waals surface area contributed by atoms with E-state index in [1.165, 1.54) is 0 Å². The monoisotopic (exact) mass is 289 g/mol. The van der Waals surface area contributed by atoms with Gasteiger partial charge in [0.15, 0.2) is 0 Å². The van der Waals surface area contributed by atoms with Gasteiger partial charge in [0.05, 0.1) is 16.1 Å². The molecular formula is C15H12ClNO3. The largest absolute Gasteiger partial charge is 0.478 e. The van der Waals surface area contributed by atoms with Crippen LogP contribution in [0, 0.1) is 0 Å². The summed E-state index contributed by atoms with van der Waals surface area (Å²) in [6, 6.07) is 6.79. The first-order chi connectivity index (χ1) is 9.56. The number of carbonyl (C=O) groups is 2. The Morgan fingerprint density at radius 2 is 2.10 bits per heavy atom. The molecule has 0 amide bonds. The lowest BCUT2D eigenvalue weighted by atomic mass is 10.0. The lowest BCUT2D eigenvalue weighted by Crippen LogP contribution is -2.02. The van der Waals surface area contributed by atoms with Gasteiger partial charge in [0.25, 0.3) is 0 Å². The number of hydrogen-bond donors (Lipinski definition) is 1. The summed E-state index contributed by atoms with van der Waals surface area (Å²) < 4.78 is 0. The van der Waals surface area contributed by atoms with E-state index in [0.717, 1.165) is 12.1 Å². The molecule has 2 aromatic rings. The standard InChI is InChI=1S/C15H12ClNO3/c16-11-4-6-13-10(14(11)15(19)20)3-5-12(17-13)8-1-2-9(18)7-8/h3-6,8H,1-2,7H2,(H,19,20). The number of nitrogens with zero attached hydrogens (tertiary/aromatic N) is 1. The summed E-state index contributed by atoms with van der Waals surface area (Å²) in [4.78, 5) is 27.1. The molecule has 1 unspecified atom stereocenters. The van der Waals surface area contributed by atoms with E-state index in [0.29, 0.717) is 23.7 Å². The fraction of sp³-hybridized carbons (Fsp3) is 0.267. The van der Waals surface area contributed by atoms with Gasteiger partial charge in [-0.25, -0.2) is 4.79 Å². The van der Waals surface area contributed by atoms with E-state index >= 15 is 0 Å². The van der Waals surface area contributed by atoms with Crippen molar-refractivity contribution >= 4 is 34.3 Å². The summed E-state index contributed by atoms with van der Waals surface area (Å²) >= 11 is 5.93. The number of halogens is 1. The number of benzene rings is 1. The quantitative estimate of drug-likeness (QED) is 0.920. The van der Waals surface area contributed by atoms with E-state index in [4.69, 9.17) is 11.6 Å². The Bertz CT molecular complexity index is 726. The first-order valence-corrected chi connectivity index (χ1v) is 6.78. The maximum Gasteiger partial charge on any atom is 0.337 e. The minimum absolute atomic E-state index is 0.0747. The van der Waals surface area contributed by atoms with Crippen molar-refractivity contribution in [2.24, 2.45) is 0 Å². The number of pyridine rings is 1. The van der Waals surface area contributed by atoms with Crippen molar-refractivity contribution in [1.29, 1.82) is 0 Å². The minimum atomic E-state index is -1.06. The molecule has 1 fully saturated rings. The molecule has 0 spiro atoms. The number of fused-ring (bicyclic) bond motifs is 1. The summed E-state index contributed by atoms with van der Waals surface area (Å²) in [5.74, 6) is -0.652. The number of ketones is 1. The fourth-order valence-corrected chi connectivity index (χ4v) is 2.95. The van der Waals surface area contributed by atoms with Gasteiger partial charge < -0.3 is 5.11 Å². The summed E-state index contributed by atoms with van der Waals surface area (Å²) in [5.41, 5.74) is 1.52. The molecule has 4 nitrogen and oxygen atoms in total. The maximum atomic E-state index is 11.4. The van der Waals surface area contributed by atoms with Gasteiger partial charge in [-0.2, -0.15) is 0 Å². The van der Waals surface area contributed by atoms with E-state index in [1.54, 1.807) is 24.3 Å². The van der Waals surface area contributed by atoms with Crippen LogP contribution in [0.4, 0.5) is 0 Å². The third-order valence-electron chi connectivity index (χ3n) is 3.72.